The van der Waals surface area contributed by atoms with Crippen LogP contribution in [0.4, 0.5) is 8.78 Å². The average molecular weight is 489 g/mol. The minimum absolute atomic E-state index is 0.228. The molecule has 0 aliphatic heterocycles. The highest BCUT2D eigenvalue weighted by Crippen LogP contribution is 2.29. The van der Waals surface area contributed by atoms with Gasteiger partial charge in [-0.05, 0) is 61.3 Å². The van der Waals surface area contributed by atoms with Crippen LogP contribution in [0.2, 0.25) is 0 Å². The summed E-state index contributed by atoms with van der Waals surface area (Å²) in [6.45, 7) is 8.86. The molecule has 0 N–H and O–H groups in total. The Morgan fingerprint density at radius 3 is 2.17 bits per heavy atom. The van der Waals surface area contributed by atoms with Gasteiger partial charge in [-0.2, -0.15) is 0 Å². The molecule has 0 amide bonds. The lowest BCUT2D eigenvalue weighted by molar-refractivity contribution is 0.0566. The first-order valence-electron chi connectivity index (χ1n) is 13.1. The number of hydrogen-bond donors (Lipinski definition) is 0. The van der Waals surface area contributed by atoms with Crippen LogP contribution in [0.3, 0.4) is 0 Å². The van der Waals surface area contributed by atoms with Gasteiger partial charge in [0.1, 0.15) is 0 Å². The van der Waals surface area contributed by atoms with Crippen molar-refractivity contribution in [2.45, 2.75) is 64.9 Å². The minimum Gasteiger partial charge on any atom is -0.379 e. The van der Waals surface area contributed by atoms with E-state index in [1.807, 2.05) is 36.4 Å². The molecule has 0 fully saturated rings. The van der Waals surface area contributed by atoms with E-state index in [0.717, 1.165) is 49.8 Å². The van der Waals surface area contributed by atoms with Crippen LogP contribution < -0.4 is 0 Å². The van der Waals surface area contributed by atoms with Gasteiger partial charge in [0, 0.05) is 17.7 Å². The van der Waals surface area contributed by atoms with E-state index in [4.69, 9.17) is 4.74 Å². The zero-order valence-electron chi connectivity index (χ0n) is 21.6. The summed E-state index contributed by atoms with van der Waals surface area (Å²) in [4.78, 5) is 0. The van der Waals surface area contributed by atoms with Crippen molar-refractivity contribution in [1.29, 1.82) is 0 Å². The molecule has 0 saturated carbocycles. The number of ether oxygens (including phenoxy) is 1. The van der Waals surface area contributed by atoms with E-state index in [1.54, 1.807) is 18.2 Å². The molecule has 190 valence electrons. The second-order valence-electron chi connectivity index (χ2n) is 9.32. The number of unbranched alkanes of at least 4 members (excludes halogenated alkanes) is 3. The molecule has 1 unspecified atom stereocenters. The zero-order valence-corrected chi connectivity index (χ0v) is 21.6. The normalized spacial score (nSPS) is 12.2. The molecule has 0 radical (unpaired) electrons. The standard InChI is InChI=1S/C33H38F2O/c1-4-6-10-24-36-25(3)12-8-7-9-13-30-22-23-31(33(35)32(30)34)29-20-18-28(19-21-29)27-16-14-26(11-5-2)15-17-27/h5,9,13-23,25H,2,4,6-8,10-12,24H2,1,3H3/b13-9+. The number of rotatable bonds is 14. The Bertz CT molecular complexity index is 1110. The lowest BCUT2D eigenvalue weighted by Crippen LogP contribution is -2.08. The van der Waals surface area contributed by atoms with Gasteiger partial charge in [0.05, 0.1) is 6.10 Å². The summed E-state index contributed by atoms with van der Waals surface area (Å²) in [5, 5.41) is 0. The Labute approximate surface area is 215 Å². The number of allylic oxidation sites excluding steroid dienone is 2. The summed E-state index contributed by atoms with van der Waals surface area (Å²) in [6.07, 6.45) is 12.8. The molecule has 3 heteroatoms. The Kier molecular flexibility index (Phi) is 11.1. The Balaban J connectivity index is 1.57. The third-order valence-electron chi connectivity index (χ3n) is 6.40. The largest absolute Gasteiger partial charge is 0.379 e. The van der Waals surface area contributed by atoms with Gasteiger partial charge in [-0.1, -0.05) is 98.7 Å². The van der Waals surface area contributed by atoms with E-state index < -0.39 is 11.6 Å². The van der Waals surface area contributed by atoms with Crippen LogP contribution in [0.25, 0.3) is 28.3 Å². The summed E-state index contributed by atoms with van der Waals surface area (Å²) in [7, 11) is 0. The van der Waals surface area contributed by atoms with Crippen molar-refractivity contribution < 1.29 is 13.5 Å². The maximum Gasteiger partial charge on any atom is 0.167 e. The van der Waals surface area contributed by atoms with E-state index >= 15 is 0 Å². The second kappa shape index (κ2) is 14.5. The predicted molar refractivity (Wildman–Crippen MR) is 149 cm³/mol. The second-order valence-corrected chi connectivity index (χ2v) is 9.32. The van der Waals surface area contributed by atoms with Gasteiger partial charge in [-0.25, -0.2) is 8.78 Å². The highest BCUT2D eigenvalue weighted by molar-refractivity contribution is 5.72. The van der Waals surface area contributed by atoms with Gasteiger partial charge in [0.2, 0.25) is 0 Å². The lowest BCUT2D eigenvalue weighted by Gasteiger charge is -2.12. The Morgan fingerprint density at radius 2 is 1.50 bits per heavy atom. The first-order chi connectivity index (χ1) is 17.5. The van der Waals surface area contributed by atoms with Crippen molar-refractivity contribution in [1.82, 2.24) is 0 Å². The third-order valence-corrected chi connectivity index (χ3v) is 6.40. The topological polar surface area (TPSA) is 9.23 Å². The van der Waals surface area contributed by atoms with E-state index in [1.165, 1.54) is 18.4 Å². The minimum atomic E-state index is -0.812. The van der Waals surface area contributed by atoms with Gasteiger partial charge < -0.3 is 4.74 Å². The van der Waals surface area contributed by atoms with Crippen molar-refractivity contribution in [3.63, 3.8) is 0 Å². The molecule has 1 atom stereocenters. The van der Waals surface area contributed by atoms with E-state index in [0.29, 0.717) is 5.56 Å². The van der Waals surface area contributed by atoms with E-state index in [-0.39, 0.29) is 17.2 Å². The van der Waals surface area contributed by atoms with Crippen LogP contribution in [0.5, 0.6) is 0 Å². The fourth-order valence-electron chi connectivity index (χ4n) is 4.21. The van der Waals surface area contributed by atoms with Gasteiger partial charge >= 0.3 is 0 Å². The molecule has 3 aromatic carbocycles. The highest BCUT2D eigenvalue weighted by Gasteiger charge is 2.13. The summed E-state index contributed by atoms with van der Waals surface area (Å²) in [5.74, 6) is -1.62. The quantitative estimate of drug-likeness (QED) is 0.162. The van der Waals surface area contributed by atoms with Crippen molar-refractivity contribution in [2.24, 2.45) is 0 Å². The molecule has 36 heavy (non-hydrogen) atoms. The Hall–Kier alpha value is -3.04. The molecule has 1 nitrogen and oxygen atoms in total. The molecule has 0 aliphatic rings. The molecule has 3 rings (SSSR count). The first kappa shape index (κ1) is 27.5. The maximum atomic E-state index is 14.9. The highest BCUT2D eigenvalue weighted by atomic mass is 19.2. The van der Waals surface area contributed by atoms with Gasteiger partial charge in [0.25, 0.3) is 0 Å². The number of benzene rings is 3. The van der Waals surface area contributed by atoms with Crippen molar-refractivity contribution in [3.8, 4) is 22.3 Å². The molecule has 3 aromatic rings. The SMILES string of the molecule is C=CCc1ccc(-c2ccc(-c3ccc(/C=C/CCCC(C)OCCCCC)c(F)c3F)cc2)cc1. The molecular formula is C33H38F2O. The molecule has 0 saturated heterocycles. The fraction of sp³-hybridized carbons (Fsp3) is 0.333. The summed E-state index contributed by atoms with van der Waals surface area (Å²) in [6, 6.07) is 19.2. The van der Waals surface area contributed by atoms with Gasteiger partial charge in [-0.3, -0.25) is 0 Å². The van der Waals surface area contributed by atoms with Crippen LogP contribution in [0, 0.1) is 11.6 Å². The molecule has 0 bridgehead atoms. The van der Waals surface area contributed by atoms with E-state index in [2.05, 4.69) is 44.7 Å². The molecule has 0 heterocycles. The summed E-state index contributed by atoms with van der Waals surface area (Å²) >= 11 is 0. The maximum absolute atomic E-state index is 14.9. The van der Waals surface area contributed by atoms with Gasteiger partial charge in [0.15, 0.2) is 11.6 Å². The van der Waals surface area contributed by atoms with Gasteiger partial charge in [-0.15, -0.1) is 6.58 Å². The van der Waals surface area contributed by atoms with Crippen molar-refractivity contribution in [2.75, 3.05) is 6.61 Å². The molecular weight excluding hydrogens is 450 g/mol. The van der Waals surface area contributed by atoms with Crippen LogP contribution in [-0.2, 0) is 11.2 Å². The van der Waals surface area contributed by atoms with Crippen molar-refractivity contribution in [3.05, 3.63) is 102 Å². The number of halogens is 2. The van der Waals surface area contributed by atoms with Crippen molar-refractivity contribution >= 4 is 6.08 Å². The van der Waals surface area contributed by atoms with Crippen LogP contribution >= 0.6 is 0 Å². The smallest absolute Gasteiger partial charge is 0.167 e. The number of hydrogen-bond acceptors (Lipinski definition) is 1. The molecule has 0 aromatic heterocycles. The van der Waals surface area contributed by atoms with Crippen LogP contribution in [0.1, 0.15) is 63.5 Å². The molecule has 0 aliphatic carbocycles. The molecule has 0 spiro atoms. The zero-order chi connectivity index (χ0) is 25.8. The Morgan fingerprint density at radius 1 is 0.833 bits per heavy atom. The first-order valence-corrected chi connectivity index (χ1v) is 13.1. The van der Waals surface area contributed by atoms with Crippen LogP contribution in [0.15, 0.2) is 79.4 Å². The monoisotopic (exact) mass is 488 g/mol. The lowest BCUT2D eigenvalue weighted by atomic mass is 9.98. The summed E-state index contributed by atoms with van der Waals surface area (Å²) in [5.41, 5.74) is 4.52. The van der Waals surface area contributed by atoms with Crippen LogP contribution in [-0.4, -0.2) is 12.7 Å². The third kappa shape index (κ3) is 7.99. The predicted octanol–water partition coefficient (Wildman–Crippen LogP) is 9.81. The summed E-state index contributed by atoms with van der Waals surface area (Å²) < 4.78 is 35.5. The fourth-order valence-corrected chi connectivity index (χ4v) is 4.21. The average Bonchev–Trinajstić information content (AvgIpc) is 2.90. The van der Waals surface area contributed by atoms with E-state index in [9.17, 15) is 8.78 Å².